The Hall–Kier alpha value is -1.86. The van der Waals surface area contributed by atoms with Crippen molar-refractivity contribution in [2.24, 2.45) is 0 Å². The van der Waals surface area contributed by atoms with Gasteiger partial charge in [0.2, 0.25) is 0 Å². The third-order valence-corrected chi connectivity index (χ3v) is 6.65. The van der Waals surface area contributed by atoms with Crippen LogP contribution in [-0.2, 0) is 10.0 Å². The molecule has 1 saturated carbocycles. The highest BCUT2D eigenvalue weighted by Crippen LogP contribution is 2.23. The van der Waals surface area contributed by atoms with Crippen molar-refractivity contribution >= 4 is 37.5 Å². The van der Waals surface area contributed by atoms with Crippen LogP contribution < -0.4 is 10.0 Å². The van der Waals surface area contributed by atoms with Crippen molar-refractivity contribution in [3.63, 3.8) is 0 Å². The zero-order valence-corrected chi connectivity index (χ0v) is 17.6. The number of nitrogens with one attached hydrogen (secondary N) is 2. The van der Waals surface area contributed by atoms with Gasteiger partial charge in [-0.15, -0.1) is 0 Å². The number of carbonyl (C=O) groups is 1. The first-order valence-electron chi connectivity index (χ1n) is 9.05. The van der Waals surface area contributed by atoms with Gasteiger partial charge in [0.25, 0.3) is 15.9 Å². The smallest absolute Gasteiger partial charge is 0.261 e. The summed E-state index contributed by atoms with van der Waals surface area (Å²) in [5.74, 6) is -0.209. The maximum atomic E-state index is 12.7. The number of benzene rings is 2. The molecule has 2 N–H and O–H groups in total. The summed E-state index contributed by atoms with van der Waals surface area (Å²) in [6.45, 7) is 1.81. The van der Waals surface area contributed by atoms with E-state index in [0.29, 0.717) is 11.3 Å². The normalized spacial score (nSPS) is 15.3. The molecule has 1 fully saturated rings. The lowest BCUT2D eigenvalue weighted by Gasteiger charge is -2.23. The van der Waals surface area contributed by atoms with Gasteiger partial charge in [0.15, 0.2) is 0 Å². The summed E-state index contributed by atoms with van der Waals surface area (Å²) in [5.41, 5.74) is 1.61. The largest absolute Gasteiger partial charge is 0.349 e. The average Bonchev–Trinajstić information content (AvgIpc) is 2.62. The second kappa shape index (κ2) is 8.44. The third-order valence-electron chi connectivity index (χ3n) is 4.78. The van der Waals surface area contributed by atoms with Gasteiger partial charge in [-0.25, -0.2) is 8.42 Å². The second-order valence-electron chi connectivity index (χ2n) is 6.90. The van der Waals surface area contributed by atoms with Crippen LogP contribution in [0.3, 0.4) is 0 Å². The first-order chi connectivity index (χ1) is 12.8. The summed E-state index contributed by atoms with van der Waals surface area (Å²) in [7, 11) is -3.79. The zero-order valence-electron chi connectivity index (χ0n) is 15.2. The minimum absolute atomic E-state index is 0.0712. The summed E-state index contributed by atoms with van der Waals surface area (Å²) in [6, 6.07) is 11.7. The van der Waals surface area contributed by atoms with E-state index in [9.17, 15) is 13.2 Å². The number of hydrogen-bond donors (Lipinski definition) is 2. The molecule has 2 aromatic rings. The van der Waals surface area contributed by atoms with E-state index in [1.165, 1.54) is 18.6 Å². The number of hydrogen-bond acceptors (Lipinski definition) is 3. The molecule has 0 radical (unpaired) electrons. The number of aryl methyl sites for hydroxylation is 1. The van der Waals surface area contributed by atoms with Crippen LogP contribution in [0.25, 0.3) is 0 Å². The molecule has 5 nitrogen and oxygen atoms in total. The molecule has 0 heterocycles. The van der Waals surface area contributed by atoms with Crippen LogP contribution in [0.2, 0.25) is 0 Å². The summed E-state index contributed by atoms with van der Waals surface area (Å²) in [5, 5.41) is 3.05. The monoisotopic (exact) mass is 450 g/mol. The highest BCUT2D eigenvalue weighted by atomic mass is 79.9. The van der Waals surface area contributed by atoms with Gasteiger partial charge in [-0.3, -0.25) is 9.52 Å². The first-order valence-corrected chi connectivity index (χ1v) is 11.3. The van der Waals surface area contributed by atoms with Crippen molar-refractivity contribution in [1.29, 1.82) is 0 Å². The van der Waals surface area contributed by atoms with Crippen LogP contribution in [0, 0.1) is 6.92 Å². The molecule has 1 aliphatic carbocycles. The van der Waals surface area contributed by atoms with Crippen molar-refractivity contribution in [1.82, 2.24) is 5.32 Å². The van der Waals surface area contributed by atoms with Crippen LogP contribution in [-0.4, -0.2) is 20.4 Å². The van der Waals surface area contributed by atoms with Crippen LogP contribution in [0.4, 0.5) is 5.69 Å². The van der Waals surface area contributed by atoms with E-state index >= 15 is 0 Å². The molecule has 0 spiro atoms. The fourth-order valence-electron chi connectivity index (χ4n) is 3.29. The van der Waals surface area contributed by atoms with Crippen LogP contribution in [0.1, 0.15) is 48.0 Å². The molecule has 144 valence electrons. The Morgan fingerprint density at radius 1 is 1.07 bits per heavy atom. The molecule has 0 aliphatic heterocycles. The number of carbonyl (C=O) groups excluding carboxylic acids is 1. The van der Waals surface area contributed by atoms with Crippen molar-refractivity contribution in [3.05, 3.63) is 58.1 Å². The number of sulfonamides is 1. The summed E-state index contributed by atoms with van der Waals surface area (Å²) >= 11 is 3.33. The molecule has 1 amide bonds. The highest BCUT2D eigenvalue weighted by Gasteiger charge is 2.21. The predicted octanol–water partition coefficient (Wildman–Crippen LogP) is 4.62. The highest BCUT2D eigenvalue weighted by molar-refractivity contribution is 9.10. The number of rotatable bonds is 5. The molecule has 0 aromatic heterocycles. The van der Waals surface area contributed by atoms with Crippen LogP contribution in [0.15, 0.2) is 51.8 Å². The molecule has 3 rings (SSSR count). The molecule has 2 aromatic carbocycles. The van der Waals surface area contributed by atoms with Gasteiger partial charge >= 0.3 is 0 Å². The van der Waals surface area contributed by atoms with Gasteiger partial charge < -0.3 is 5.32 Å². The maximum Gasteiger partial charge on any atom is 0.261 e. The minimum atomic E-state index is -3.79. The lowest BCUT2D eigenvalue weighted by atomic mass is 9.95. The molecular formula is C20H23BrN2O3S. The van der Waals surface area contributed by atoms with Crippen molar-refractivity contribution in [2.45, 2.75) is 50.0 Å². The molecule has 0 unspecified atom stereocenters. The van der Waals surface area contributed by atoms with Crippen LogP contribution >= 0.6 is 15.9 Å². The number of halogens is 1. The van der Waals surface area contributed by atoms with Crippen molar-refractivity contribution < 1.29 is 13.2 Å². The van der Waals surface area contributed by atoms with E-state index in [1.807, 2.05) is 13.0 Å². The van der Waals surface area contributed by atoms with E-state index < -0.39 is 10.0 Å². The fraction of sp³-hybridized carbons (Fsp3) is 0.350. The topological polar surface area (TPSA) is 75.3 Å². The third kappa shape index (κ3) is 5.11. The van der Waals surface area contributed by atoms with Gasteiger partial charge in [-0.2, -0.15) is 0 Å². The molecule has 27 heavy (non-hydrogen) atoms. The Balaban J connectivity index is 1.82. The van der Waals surface area contributed by atoms with E-state index in [0.717, 1.165) is 35.7 Å². The molecule has 0 bridgehead atoms. The van der Waals surface area contributed by atoms with Gasteiger partial charge in [0, 0.05) is 21.8 Å². The van der Waals surface area contributed by atoms with Gasteiger partial charge in [-0.1, -0.05) is 47.3 Å². The van der Waals surface area contributed by atoms with E-state index in [4.69, 9.17) is 0 Å². The Morgan fingerprint density at radius 2 is 1.81 bits per heavy atom. The first kappa shape index (κ1) is 19.9. The molecular weight excluding hydrogens is 428 g/mol. The minimum Gasteiger partial charge on any atom is -0.349 e. The summed E-state index contributed by atoms with van der Waals surface area (Å²) in [6.07, 6.45) is 5.41. The summed E-state index contributed by atoms with van der Waals surface area (Å²) in [4.78, 5) is 12.8. The van der Waals surface area contributed by atoms with Gasteiger partial charge in [-0.05, 0) is 55.7 Å². The van der Waals surface area contributed by atoms with E-state index in [-0.39, 0.29) is 16.8 Å². The van der Waals surface area contributed by atoms with Gasteiger partial charge in [0.1, 0.15) is 0 Å². The second-order valence-corrected chi connectivity index (χ2v) is 9.50. The van der Waals surface area contributed by atoms with E-state index in [2.05, 4.69) is 26.0 Å². The molecule has 0 atom stereocenters. The standard InChI is InChI=1S/C20H23BrN2O3S/c1-14-10-11-18(27(25,26)23-17-9-5-6-15(21)12-17)13-19(14)20(24)22-16-7-3-2-4-8-16/h5-6,9-13,16,23H,2-4,7-8H2,1H3,(H,22,24). The Kier molecular flexibility index (Phi) is 6.22. The zero-order chi connectivity index (χ0) is 19.4. The van der Waals surface area contributed by atoms with Gasteiger partial charge in [0.05, 0.1) is 4.90 Å². The maximum absolute atomic E-state index is 12.7. The predicted molar refractivity (Wildman–Crippen MR) is 110 cm³/mol. The van der Waals surface area contributed by atoms with Crippen molar-refractivity contribution in [2.75, 3.05) is 4.72 Å². The summed E-state index contributed by atoms with van der Waals surface area (Å²) < 4.78 is 28.8. The molecule has 1 aliphatic rings. The lowest BCUT2D eigenvalue weighted by Crippen LogP contribution is -2.36. The van der Waals surface area contributed by atoms with E-state index in [1.54, 1.807) is 24.3 Å². The SMILES string of the molecule is Cc1ccc(S(=O)(=O)Nc2cccc(Br)c2)cc1C(=O)NC1CCCCC1. The molecule has 0 saturated heterocycles. The number of anilines is 1. The fourth-order valence-corrected chi connectivity index (χ4v) is 4.76. The lowest BCUT2D eigenvalue weighted by molar-refractivity contribution is 0.0927. The Morgan fingerprint density at radius 3 is 2.52 bits per heavy atom. The number of amides is 1. The van der Waals surface area contributed by atoms with Crippen molar-refractivity contribution in [3.8, 4) is 0 Å². The Labute approximate surface area is 168 Å². The quantitative estimate of drug-likeness (QED) is 0.697. The Bertz CT molecular complexity index is 938. The molecule has 7 heteroatoms. The van der Waals surface area contributed by atoms with Crippen LogP contribution in [0.5, 0.6) is 0 Å². The average molecular weight is 451 g/mol.